The van der Waals surface area contributed by atoms with Gasteiger partial charge in [0.2, 0.25) is 11.8 Å². The van der Waals surface area contributed by atoms with Crippen molar-refractivity contribution < 1.29 is 4.42 Å². The number of hydrogen-bond donors (Lipinski definition) is 2. The minimum Gasteiger partial charge on any atom is -0.419 e. The lowest BCUT2D eigenvalue weighted by Crippen LogP contribution is -2.04. The van der Waals surface area contributed by atoms with Crippen molar-refractivity contribution in [3.8, 4) is 22.6 Å². The molecule has 1 unspecified atom stereocenters. The van der Waals surface area contributed by atoms with E-state index < -0.39 is 0 Å². The summed E-state index contributed by atoms with van der Waals surface area (Å²) in [6.45, 7) is 4.38. The third kappa shape index (κ3) is 6.10. The topological polar surface area (TPSA) is 91.0 Å². The minimum atomic E-state index is -0.289. The quantitative estimate of drug-likeness (QED) is 0.355. The SMILES string of the molecule is CC(N)c1nnc(-c2cc(CBr)cc(-c3ccccc3CN)c2)o1.Cc1ccccc1. The number of hydrogen-bond acceptors (Lipinski definition) is 5. The summed E-state index contributed by atoms with van der Waals surface area (Å²) in [5.74, 6) is 0.898. The van der Waals surface area contributed by atoms with Crippen molar-refractivity contribution in [2.45, 2.75) is 31.8 Å². The van der Waals surface area contributed by atoms with Crippen LogP contribution in [0.1, 0.15) is 35.5 Å². The van der Waals surface area contributed by atoms with E-state index in [0.29, 0.717) is 18.3 Å². The van der Waals surface area contributed by atoms with Gasteiger partial charge in [0.25, 0.3) is 0 Å². The number of nitrogens with two attached hydrogens (primary N) is 2. The van der Waals surface area contributed by atoms with Gasteiger partial charge in [-0.3, -0.25) is 0 Å². The molecule has 3 aromatic carbocycles. The number of halogens is 1. The average Bonchev–Trinajstić information content (AvgIpc) is 3.30. The molecule has 5 nitrogen and oxygen atoms in total. The van der Waals surface area contributed by atoms with Crippen LogP contribution in [0.5, 0.6) is 0 Å². The van der Waals surface area contributed by atoms with Crippen LogP contribution in [-0.2, 0) is 11.9 Å². The van der Waals surface area contributed by atoms with Crippen LogP contribution in [0.25, 0.3) is 22.6 Å². The van der Waals surface area contributed by atoms with Crippen LogP contribution >= 0.6 is 15.9 Å². The molecule has 160 valence electrons. The Hall–Kier alpha value is -2.80. The molecule has 0 aliphatic carbocycles. The van der Waals surface area contributed by atoms with Crippen molar-refractivity contribution in [1.29, 1.82) is 0 Å². The maximum Gasteiger partial charge on any atom is 0.247 e. The Balaban J connectivity index is 0.000000330. The summed E-state index contributed by atoms with van der Waals surface area (Å²) < 4.78 is 5.69. The fourth-order valence-electron chi connectivity index (χ4n) is 3.10. The lowest BCUT2D eigenvalue weighted by molar-refractivity contribution is 0.473. The molecule has 6 heteroatoms. The second-order valence-electron chi connectivity index (χ2n) is 7.30. The van der Waals surface area contributed by atoms with Gasteiger partial charge in [-0.15, -0.1) is 10.2 Å². The van der Waals surface area contributed by atoms with Gasteiger partial charge in [-0.1, -0.05) is 82.2 Å². The van der Waals surface area contributed by atoms with Crippen molar-refractivity contribution in [2.75, 3.05) is 0 Å². The van der Waals surface area contributed by atoms with Crippen molar-refractivity contribution in [3.05, 3.63) is 95.4 Å². The standard InChI is InChI=1S/C18H19BrN4O.C7H8/c1-11(21)17-22-23-18(24-17)15-7-12(9-19)6-14(8-15)16-5-3-2-4-13(16)10-20;1-7-5-3-2-4-6-7/h2-8,11H,9-10,20-21H2,1H3;2-6H,1H3. The number of rotatable bonds is 5. The number of aromatic nitrogens is 2. The van der Waals surface area contributed by atoms with E-state index in [4.69, 9.17) is 15.9 Å². The van der Waals surface area contributed by atoms with E-state index in [1.54, 1.807) is 0 Å². The van der Waals surface area contributed by atoms with Gasteiger partial charge in [0.05, 0.1) is 6.04 Å². The van der Waals surface area contributed by atoms with Gasteiger partial charge < -0.3 is 15.9 Å². The fourth-order valence-corrected chi connectivity index (χ4v) is 3.42. The molecule has 0 aliphatic rings. The maximum atomic E-state index is 5.88. The molecule has 0 amide bonds. The first-order valence-electron chi connectivity index (χ1n) is 10.1. The van der Waals surface area contributed by atoms with E-state index in [1.165, 1.54) is 5.56 Å². The first kappa shape index (κ1) is 22.9. The molecule has 0 fully saturated rings. The summed E-state index contributed by atoms with van der Waals surface area (Å²) in [5, 5.41) is 8.86. The summed E-state index contributed by atoms with van der Waals surface area (Å²) >= 11 is 3.52. The Kier molecular flexibility index (Phi) is 8.12. The predicted octanol–water partition coefficient (Wildman–Crippen LogP) is 5.77. The van der Waals surface area contributed by atoms with Crippen molar-refractivity contribution in [2.24, 2.45) is 11.5 Å². The average molecular weight is 479 g/mol. The minimum absolute atomic E-state index is 0.289. The smallest absolute Gasteiger partial charge is 0.247 e. The zero-order chi connectivity index (χ0) is 22.2. The Morgan fingerprint density at radius 1 is 0.935 bits per heavy atom. The van der Waals surface area contributed by atoms with Crippen molar-refractivity contribution >= 4 is 15.9 Å². The van der Waals surface area contributed by atoms with Crippen LogP contribution in [0.2, 0.25) is 0 Å². The largest absolute Gasteiger partial charge is 0.419 e. The van der Waals surface area contributed by atoms with Gasteiger partial charge in [0.15, 0.2) is 0 Å². The highest BCUT2D eigenvalue weighted by Crippen LogP contribution is 2.31. The van der Waals surface area contributed by atoms with Crippen LogP contribution in [-0.4, -0.2) is 10.2 Å². The number of aryl methyl sites for hydroxylation is 1. The van der Waals surface area contributed by atoms with Crippen LogP contribution in [0.3, 0.4) is 0 Å². The van der Waals surface area contributed by atoms with E-state index in [1.807, 2.05) is 55.5 Å². The van der Waals surface area contributed by atoms with Crippen LogP contribution in [0, 0.1) is 6.92 Å². The molecule has 4 N–H and O–H groups in total. The van der Waals surface area contributed by atoms with Crippen LogP contribution in [0.15, 0.2) is 77.2 Å². The normalized spacial score (nSPS) is 11.5. The highest BCUT2D eigenvalue weighted by atomic mass is 79.9. The monoisotopic (exact) mass is 478 g/mol. The number of nitrogens with zero attached hydrogens (tertiary/aromatic N) is 2. The number of benzene rings is 3. The highest BCUT2D eigenvalue weighted by Gasteiger charge is 2.14. The van der Waals surface area contributed by atoms with Gasteiger partial charge in [-0.05, 0) is 48.2 Å². The molecule has 31 heavy (non-hydrogen) atoms. The summed E-state index contributed by atoms with van der Waals surface area (Å²) in [6.07, 6.45) is 0. The molecule has 4 aromatic rings. The molecule has 1 heterocycles. The van der Waals surface area contributed by atoms with E-state index in [-0.39, 0.29) is 6.04 Å². The Morgan fingerprint density at radius 3 is 2.19 bits per heavy atom. The van der Waals surface area contributed by atoms with Gasteiger partial charge >= 0.3 is 0 Å². The molecular weight excluding hydrogens is 452 g/mol. The second kappa shape index (κ2) is 11.0. The second-order valence-corrected chi connectivity index (χ2v) is 7.86. The lowest BCUT2D eigenvalue weighted by atomic mass is 9.96. The maximum absolute atomic E-state index is 5.88. The molecular formula is C25H27BrN4O. The molecule has 0 aliphatic heterocycles. The zero-order valence-electron chi connectivity index (χ0n) is 17.8. The molecule has 0 radical (unpaired) electrons. The van der Waals surface area contributed by atoms with Gasteiger partial charge in [-0.2, -0.15) is 0 Å². The summed E-state index contributed by atoms with van der Waals surface area (Å²) in [7, 11) is 0. The first-order valence-corrected chi connectivity index (χ1v) is 11.2. The van der Waals surface area contributed by atoms with Crippen molar-refractivity contribution in [3.63, 3.8) is 0 Å². The van der Waals surface area contributed by atoms with Gasteiger partial charge in [0.1, 0.15) is 0 Å². The molecule has 1 atom stereocenters. The van der Waals surface area contributed by atoms with E-state index in [0.717, 1.165) is 33.1 Å². The molecule has 4 rings (SSSR count). The van der Waals surface area contributed by atoms with Crippen LogP contribution < -0.4 is 11.5 Å². The van der Waals surface area contributed by atoms with Crippen LogP contribution in [0.4, 0.5) is 0 Å². The highest BCUT2D eigenvalue weighted by molar-refractivity contribution is 9.08. The lowest BCUT2D eigenvalue weighted by Gasteiger charge is -2.10. The van der Waals surface area contributed by atoms with Crippen molar-refractivity contribution in [1.82, 2.24) is 10.2 Å². The molecule has 0 bridgehead atoms. The van der Waals surface area contributed by atoms with E-state index >= 15 is 0 Å². The zero-order valence-corrected chi connectivity index (χ0v) is 19.3. The molecule has 0 saturated heterocycles. The van der Waals surface area contributed by atoms with E-state index in [2.05, 4.69) is 57.3 Å². The Labute approximate surface area is 191 Å². The Bertz CT molecular complexity index is 1110. The third-order valence-electron chi connectivity index (χ3n) is 4.71. The van der Waals surface area contributed by atoms with Gasteiger partial charge in [-0.25, -0.2) is 0 Å². The molecule has 0 saturated carbocycles. The molecule has 0 spiro atoms. The van der Waals surface area contributed by atoms with E-state index in [9.17, 15) is 0 Å². The fraction of sp³-hybridized carbons (Fsp3) is 0.200. The predicted molar refractivity (Wildman–Crippen MR) is 129 cm³/mol. The first-order chi connectivity index (χ1) is 15.0. The third-order valence-corrected chi connectivity index (χ3v) is 5.36. The molecule has 1 aromatic heterocycles. The van der Waals surface area contributed by atoms with Gasteiger partial charge in [0, 0.05) is 17.4 Å². The number of alkyl halides is 1. The Morgan fingerprint density at radius 2 is 1.61 bits per heavy atom. The summed E-state index contributed by atoms with van der Waals surface area (Å²) in [5.41, 5.74) is 18.3. The summed E-state index contributed by atoms with van der Waals surface area (Å²) in [6, 6.07) is 24.3. The summed E-state index contributed by atoms with van der Waals surface area (Å²) in [4.78, 5) is 0.